The maximum absolute atomic E-state index is 9.06. The molecule has 0 amide bonds. The Morgan fingerprint density at radius 2 is 1.79 bits per heavy atom. The van der Waals surface area contributed by atoms with Gasteiger partial charge in [0, 0.05) is 50.7 Å². The first-order valence-electron chi connectivity index (χ1n) is 11.2. The van der Waals surface area contributed by atoms with Crippen LogP contribution in [0.15, 0.2) is 48.9 Å². The van der Waals surface area contributed by atoms with E-state index in [-0.39, 0.29) is 0 Å². The Morgan fingerprint density at radius 1 is 1.03 bits per heavy atom. The lowest BCUT2D eigenvalue weighted by molar-refractivity contribution is 0.313. The molecule has 9 heteroatoms. The number of anilines is 3. The maximum atomic E-state index is 9.06. The second-order valence-electron chi connectivity index (χ2n) is 8.55. The van der Waals surface area contributed by atoms with Gasteiger partial charge in [-0.15, -0.1) is 0 Å². The third kappa shape index (κ3) is 4.36. The first kappa shape index (κ1) is 21.7. The minimum absolute atomic E-state index is 0.349. The fourth-order valence-electron chi connectivity index (χ4n) is 4.02. The van der Waals surface area contributed by atoms with Crippen molar-refractivity contribution in [2.24, 2.45) is 7.05 Å². The van der Waals surface area contributed by atoms with E-state index < -0.39 is 0 Å². The van der Waals surface area contributed by atoms with E-state index in [0.29, 0.717) is 23.0 Å². The Bertz CT molecular complexity index is 1360. The minimum Gasteiger partial charge on any atom is -0.437 e. The SMILES string of the molecule is Cc1cc(C#N)ncc1Oc1cc(Nc2ccc(N3CCN(C)CC3)cc2)c2ncn(C)c2n1. The van der Waals surface area contributed by atoms with Crippen molar-refractivity contribution in [3.05, 3.63) is 60.2 Å². The second-order valence-corrected chi connectivity index (χ2v) is 8.55. The molecule has 4 heterocycles. The minimum atomic E-state index is 0.349. The molecule has 0 atom stereocenters. The van der Waals surface area contributed by atoms with Gasteiger partial charge in [0.15, 0.2) is 11.4 Å². The van der Waals surface area contributed by atoms with Gasteiger partial charge in [-0.3, -0.25) is 0 Å². The molecule has 0 saturated carbocycles. The Balaban J connectivity index is 1.41. The molecule has 1 fully saturated rings. The molecule has 1 aromatic carbocycles. The summed E-state index contributed by atoms with van der Waals surface area (Å²) >= 11 is 0. The highest BCUT2D eigenvalue weighted by Gasteiger charge is 2.16. The Kier molecular flexibility index (Phi) is 5.74. The Labute approximate surface area is 198 Å². The molecule has 0 bridgehead atoms. The normalized spacial score (nSPS) is 14.2. The summed E-state index contributed by atoms with van der Waals surface area (Å²) in [5.41, 5.74) is 5.60. The van der Waals surface area contributed by atoms with Crippen LogP contribution in [0.4, 0.5) is 17.1 Å². The zero-order valence-electron chi connectivity index (χ0n) is 19.5. The van der Waals surface area contributed by atoms with Crippen molar-refractivity contribution < 1.29 is 4.74 Å². The highest BCUT2D eigenvalue weighted by Crippen LogP contribution is 2.32. The van der Waals surface area contributed by atoms with Gasteiger partial charge in [0.25, 0.3) is 0 Å². The number of fused-ring (bicyclic) bond motifs is 1. The number of nitrogens with zero attached hydrogens (tertiary/aromatic N) is 7. The van der Waals surface area contributed by atoms with Crippen molar-refractivity contribution >= 4 is 28.2 Å². The highest BCUT2D eigenvalue weighted by molar-refractivity contribution is 5.89. The summed E-state index contributed by atoms with van der Waals surface area (Å²) in [6, 6.07) is 14.0. The molecule has 0 unspecified atom stereocenters. The van der Waals surface area contributed by atoms with Gasteiger partial charge in [-0.1, -0.05) is 0 Å². The van der Waals surface area contributed by atoms with Crippen molar-refractivity contribution in [2.75, 3.05) is 43.4 Å². The molecule has 4 aromatic rings. The fourth-order valence-corrected chi connectivity index (χ4v) is 4.02. The first-order valence-corrected chi connectivity index (χ1v) is 11.2. The molecule has 172 valence electrons. The van der Waals surface area contributed by atoms with Crippen LogP contribution in [0.3, 0.4) is 0 Å². The summed E-state index contributed by atoms with van der Waals surface area (Å²) in [5.74, 6) is 0.970. The van der Waals surface area contributed by atoms with Crippen LogP contribution in [0.2, 0.25) is 0 Å². The molecule has 9 nitrogen and oxygen atoms in total. The van der Waals surface area contributed by atoms with Crippen LogP contribution in [-0.4, -0.2) is 57.6 Å². The monoisotopic (exact) mass is 454 g/mol. The number of ether oxygens (including phenoxy) is 1. The summed E-state index contributed by atoms with van der Waals surface area (Å²) in [6.45, 7) is 6.10. The van der Waals surface area contributed by atoms with Gasteiger partial charge in [-0.2, -0.15) is 10.2 Å². The van der Waals surface area contributed by atoms with Gasteiger partial charge >= 0.3 is 0 Å². The van der Waals surface area contributed by atoms with Crippen molar-refractivity contribution in [1.29, 1.82) is 5.26 Å². The summed E-state index contributed by atoms with van der Waals surface area (Å²) in [6.07, 6.45) is 3.28. The number of benzene rings is 1. The number of nitrogens with one attached hydrogen (secondary N) is 1. The Morgan fingerprint density at radius 3 is 2.50 bits per heavy atom. The van der Waals surface area contributed by atoms with E-state index >= 15 is 0 Å². The fraction of sp³-hybridized carbons (Fsp3) is 0.280. The zero-order valence-corrected chi connectivity index (χ0v) is 19.5. The topological polar surface area (TPSA) is 95.1 Å². The van der Waals surface area contributed by atoms with E-state index in [1.54, 1.807) is 18.6 Å². The number of pyridine rings is 2. The van der Waals surface area contributed by atoms with Gasteiger partial charge in [-0.25, -0.2) is 9.97 Å². The molecule has 3 aromatic heterocycles. The lowest BCUT2D eigenvalue weighted by Gasteiger charge is -2.34. The number of aromatic nitrogens is 4. The average Bonchev–Trinajstić information content (AvgIpc) is 3.22. The van der Waals surface area contributed by atoms with Crippen LogP contribution in [0.25, 0.3) is 11.2 Å². The molecule has 1 aliphatic rings. The molecule has 0 radical (unpaired) electrons. The van der Waals surface area contributed by atoms with Gasteiger partial charge in [0.1, 0.15) is 17.3 Å². The van der Waals surface area contributed by atoms with Crippen LogP contribution < -0.4 is 15.0 Å². The van der Waals surface area contributed by atoms with E-state index in [0.717, 1.165) is 48.6 Å². The second kappa shape index (κ2) is 9.00. The van der Waals surface area contributed by atoms with Gasteiger partial charge in [0.05, 0.1) is 18.2 Å². The number of likely N-dealkylation sites (N-methyl/N-ethyl adjacent to an activating group) is 1. The van der Waals surface area contributed by atoms with Crippen LogP contribution in [0, 0.1) is 18.3 Å². The molecule has 5 rings (SSSR count). The number of rotatable bonds is 5. The van der Waals surface area contributed by atoms with Crippen molar-refractivity contribution in [2.45, 2.75) is 6.92 Å². The molecule has 1 aliphatic heterocycles. The lowest BCUT2D eigenvalue weighted by Crippen LogP contribution is -2.44. The molecule has 0 spiro atoms. The lowest BCUT2D eigenvalue weighted by atomic mass is 10.2. The van der Waals surface area contributed by atoms with E-state index in [1.165, 1.54) is 5.69 Å². The molecule has 1 saturated heterocycles. The van der Waals surface area contributed by atoms with Crippen LogP contribution in [-0.2, 0) is 7.05 Å². The molecular weight excluding hydrogens is 428 g/mol. The van der Waals surface area contributed by atoms with Crippen molar-refractivity contribution in [3.8, 4) is 17.7 Å². The summed E-state index contributed by atoms with van der Waals surface area (Å²) < 4.78 is 7.91. The zero-order chi connectivity index (χ0) is 23.7. The summed E-state index contributed by atoms with van der Waals surface area (Å²) in [5, 5.41) is 12.5. The number of hydrogen-bond acceptors (Lipinski definition) is 8. The van der Waals surface area contributed by atoms with Crippen LogP contribution in [0.1, 0.15) is 11.3 Å². The van der Waals surface area contributed by atoms with Gasteiger partial charge < -0.3 is 24.4 Å². The van der Waals surface area contributed by atoms with E-state index in [4.69, 9.17) is 10.00 Å². The smallest absolute Gasteiger partial charge is 0.223 e. The van der Waals surface area contributed by atoms with Crippen LogP contribution in [0.5, 0.6) is 11.6 Å². The molecule has 1 N–H and O–H groups in total. The van der Waals surface area contributed by atoms with Crippen molar-refractivity contribution in [3.63, 3.8) is 0 Å². The number of imidazole rings is 1. The first-order chi connectivity index (χ1) is 16.5. The molecule has 34 heavy (non-hydrogen) atoms. The van der Waals surface area contributed by atoms with Crippen LogP contribution >= 0.6 is 0 Å². The van der Waals surface area contributed by atoms with E-state index in [1.807, 2.05) is 30.7 Å². The number of aryl methyl sites for hydroxylation is 2. The number of nitriles is 1. The van der Waals surface area contributed by atoms with E-state index in [2.05, 4.69) is 61.4 Å². The van der Waals surface area contributed by atoms with Crippen molar-refractivity contribution in [1.82, 2.24) is 24.4 Å². The standard InChI is InChI=1S/C25H26N8O/c1-17-12-19(14-26)27-15-22(17)34-23-13-21(24-25(30-23)32(3)16-28-24)29-18-4-6-20(7-5-18)33-10-8-31(2)9-11-33/h4-7,12-13,15-16H,8-11H2,1-3H3,(H,29,30). The van der Waals surface area contributed by atoms with Gasteiger partial charge in [0.2, 0.25) is 5.88 Å². The summed E-state index contributed by atoms with van der Waals surface area (Å²) in [4.78, 5) is 18.0. The average molecular weight is 455 g/mol. The highest BCUT2D eigenvalue weighted by atomic mass is 16.5. The Hall–Kier alpha value is -4.16. The molecular formula is C25H26N8O. The predicted octanol–water partition coefficient (Wildman–Crippen LogP) is 3.83. The number of piperazine rings is 1. The molecule has 0 aliphatic carbocycles. The quantitative estimate of drug-likeness (QED) is 0.486. The third-order valence-corrected chi connectivity index (χ3v) is 6.05. The maximum Gasteiger partial charge on any atom is 0.223 e. The third-order valence-electron chi connectivity index (χ3n) is 6.05. The number of hydrogen-bond donors (Lipinski definition) is 1. The summed E-state index contributed by atoms with van der Waals surface area (Å²) in [7, 11) is 4.06. The van der Waals surface area contributed by atoms with E-state index in [9.17, 15) is 0 Å². The largest absolute Gasteiger partial charge is 0.437 e. The predicted molar refractivity (Wildman–Crippen MR) is 132 cm³/mol. The van der Waals surface area contributed by atoms with Gasteiger partial charge in [-0.05, 0) is 49.9 Å².